The molecule has 0 saturated heterocycles. The summed E-state index contributed by atoms with van der Waals surface area (Å²) in [5.74, 6) is -0.278. The molecule has 7 heteroatoms. The van der Waals surface area contributed by atoms with Gasteiger partial charge in [0.2, 0.25) is 0 Å². The third-order valence-electron chi connectivity index (χ3n) is 2.76. The smallest absolute Gasteiger partial charge is 0.287 e. The Morgan fingerprint density at radius 2 is 2.22 bits per heavy atom. The minimum Gasteiger partial charge on any atom is -0.302 e. The Balaban J connectivity index is 2.69. The minimum absolute atomic E-state index is 0.145. The number of thiophene rings is 1. The van der Waals surface area contributed by atoms with E-state index in [1.165, 1.54) is 36.4 Å². The van der Waals surface area contributed by atoms with Gasteiger partial charge in [-0.3, -0.25) is 14.4 Å². The molecule has 1 amide bonds. The minimum atomic E-state index is -0.278. The van der Waals surface area contributed by atoms with Crippen molar-refractivity contribution < 1.29 is 9.63 Å². The Morgan fingerprint density at radius 1 is 1.56 bits per heavy atom. The first-order valence-corrected chi connectivity index (χ1v) is 6.06. The van der Waals surface area contributed by atoms with E-state index in [1.807, 2.05) is 0 Å². The molecule has 18 heavy (non-hydrogen) atoms. The predicted octanol–water partition coefficient (Wildman–Crippen LogP) is 0.937. The van der Waals surface area contributed by atoms with Crippen LogP contribution < -0.4 is 5.56 Å². The van der Waals surface area contributed by atoms with Gasteiger partial charge in [-0.1, -0.05) is 0 Å². The second-order valence-corrected chi connectivity index (χ2v) is 4.88. The van der Waals surface area contributed by atoms with E-state index in [-0.39, 0.29) is 11.5 Å². The molecular formula is C11H13N3O3S. The Labute approximate surface area is 107 Å². The molecule has 0 radical (unpaired) electrons. The van der Waals surface area contributed by atoms with Crippen LogP contribution in [-0.4, -0.2) is 34.7 Å². The SMILES string of the molecule is CON(C)C(=O)c1sc2ncn(C)c(=O)c2c1C. The first-order valence-electron chi connectivity index (χ1n) is 5.24. The van der Waals surface area contributed by atoms with Crippen LogP contribution in [0.15, 0.2) is 11.1 Å². The summed E-state index contributed by atoms with van der Waals surface area (Å²) in [6.07, 6.45) is 1.45. The summed E-state index contributed by atoms with van der Waals surface area (Å²) in [5, 5.41) is 1.63. The summed E-state index contributed by atoms with van der Waals surface area (Å²) in [7, 11) is 4.57. The fourth-order valence-electron chi connectivity index (χ4n) is 1.64. The molecule has 2 rings (SSSR count). The lowest BCUT2D eigenvalue weighted by Gasteiger charge is -2.12. The van der Waals surface area contributed by atoms with Gasteiger partial charge in [0.1, 0.15) is 9.71 Å². The van der Waals surface area contributed by atoms with Crippen LogP contribution in [0.1, 0.15) is 15.2 Å². The van der Waals surface area contributed by atoms with E-state index in [1.54, 1.807) is 14.0 Å². The Kier molecular flexibility index (Phi) is 3.18. The average molecular weight is 267 g/mol. The standard InChI is InChI=1S/C11H13N3O3S/c1-6-7-9(12-5-13(2)10(7)15)18-8(6)11(16)14(3)17-4/h5H,1-4H3. The lowest BCUT2D eigenvalue weighted by Crippen LogP contribution is -2.25. The quantitative estimate of drug-likeness (QED) is 0.759. The molecule has 0 aliphatic carbocycles. The number of carbonyl (C=O) groups is 1. The number of nitrogens with zero attached hydrogens (tertiary/aromatic N) is 3. The Morgan fingerprint density at radius 3 is 2.83 bits per heavy atom. The van der Waals surface area contributed by atoms with E-state index in [9.17, 15) is 9.59 Å². The highest BCUT2D eigenvalue weighted by Gasteiger charge is 2.21. The van der Waals surface area contributed by atoms with Crippen LogP contribution in [0.3, 0.4) is 0 Å². The van der Waals surface area contributed by atoms with Crippen molar-refractivity contribution in [2.75, 3.05) is 14.2 Å². The van der Waals surface area contributed by atoms with E-state index in [4.69, 9.17) is 4.84 Å². The second-order valence-electron chi connectivity index (χ2n) is 3.88. The molecule has 0 aliphatic heterocycles. The Bertz CT molecular complexity index is 674. The summed E-state index contributed by atoms with van der Waals surface area (Å²) >= 11 is 1.20. The second kappa shape index (κ2) is 4.51. The van der Waals surface area contributed by atoms with Gasteiger partial charge < -0.3 is 4.57 Å². The van der Waals surface area contributed by atoms with E-state index >= 15 is 0 Å². The first-order chi connectivity index (χ1) is 8.47. The summed E-state index contributed by atoms with van der Waals surface area (Å²) in [6.45, 7) is 1.75. The largest absolute Gasteiger partial charge is 0.302 e. The lowest BCUT2D eigenvalue weighted by molar-refractivity contribution is -0.0754. The molecule has 2 aromatic heterocycles. The van der Waals surface area contributed by atoms with Gasteiger partial charge in [-0.15, -0.1) is 11.3 Å². The van der Waals surface area contributed by atoms with Gasteiger partial charge in [-0.2, -0.15) is 0 Å². The van der Waals surface area contributed by atoms with Gasteiger partial charge in [0.05, 0.1) is 18.8 Å². The maximum Gasteiger partial charge on any atom is 0.287 e. The predicted molar refractivity (Wildman–Crippen MR) is 68.7 cm³/mol. The molecule has 0 bridgehead atoms. The van der Waals surface area contributed by atoms with Gasteiger partial charge in [-0.05, 0) is 12.5 Å². The van der Waals surface area contributed by atoms with E-state index in [0.717, 1.165) is 5.06 Å². The topological polar surface area (TPSA) is 64.4 Å². The van der Waals surface area contributed by atoms with E-state index < -0.39 is 0 Å². The number of fused-ring (bicyclic) bond motifs is 1. The molecule has 2 heterocycles. The highest BCUT2D eigenvalue weighted by Crippen LogP contribution is 2.27. The maximum atomic E-state index is 12.0. The number of aryl methyl sites for hydroxylation is 2. The zero-order valence-electron chi connectivity index (χ0n) is 10.6. The number of hydroxylamine groups is 2. The summed E-state index contributed by atoms with van der Waals surface area (Å²) < 4.78 is 1.40. The number of hydrogen-bond acceptors (Lipinski definition) is 5. The number of hydrogen-bond donors (Lipinski definition) is 0. The van der Waals surface area contributed by atoms with Gasteiger partial charge in [0, 0.05) is 14.1 Å². The lowest BCUT2D eigenvalue weighted by atomic mass is 10.2. The number of aromatic nitrogens is 2. The van der Waals surface area contributed by atoms with Crippen molar-refractivity contribution in [3.63, 3.8) is 0 Å². The molecule has 0 atom stereocenters. The molecule has 2 aromatic rings. The van der Waals surface area contributed by atoms with Gasteiger partial charge in [0.15, 0.2) is 0 Å². The maximum absolute atomic E-state index is 12.0. The van der Waals surface area contributed by atoms with E-state index in [2.05, 4.69) is 4.98 Å². The first kappa shape index (κ1) is 12.7. The van der Waals surface area contributed by atoms with Crippen LogP contribution in [0.2, 0.25) is 0 Å². The molecular weight excluding hydrogens is 254 g/mol. The van der Waals surface area contributed by atoms with Gasteiger partial charge in [0.25, 0.3) is 11.5 Å². The van der Waals surface area contributed by atoms with Crippen molar-refractivity contribution in [2.45, 2.75) is 6.92 Å². The van der Waals surface area contributed by atoms with Crippen LogP contribution in [-0.2, 0) is 11.9 Å². The zero-order chi connectivity index (χ0) is 13.4. The molecule has 0 aromatic carbocycles. The number of amides is 1. The van der Waals surface area contributed by atoms with Crippen molar-refractivity contribution in [2.24, 2.45) is 7.05 Å². The van der Waals surface area contributed by atoms with Crippen LogP contribution in [0.5, 0.6) is 0 Å². The summed E-state index contributed by atoms with van der Waals surface area (Å²) in [4.78, 5) is 34.1. The van der Waals surface area contributed by atoms with Crippen molar-refractivity contribution in [3.8, 4) is 0 Å². The molecule has 96 valence electrons. The molecule has 0 fully saturated rings. The fraction of sp³-hybridized carbons (Fsp3) is 0.364. The molecule has 0 saturated carbocycles. The fourth-order valence-corrected chi connectivity index (χ4v) is 2.75. The van der Waals surface area contributed by atoms with Crippen molar-refractivity contribution in [3.05, 3.63) is 27.1 Å². The summed E-state index contributed by atoms with van der Waals surface area (Å²) in [6, 6.07) is 0. The average Bonchev–Trinajstić information content (AvgIpc) is 2.70. The van der Waals surface area contributed by atoms with Gasteiger partial charge in [-0.25, -0.2) is 10.0 Å². The van der Waals surface area contributed by atoms with Crippen molar-refractivity contribution >= 4 is 27.5 Å². The highest BCUT2D eigenvalue weighted by atomic mass is 32.1. The van der Waals surface area contributed by atoms with Crippen LogP contribution in [0, 0.1) is 6.92 Å². The van der Waals surface area contributed by atoms with Crippen LogP contribution in [0.4, 0.5) is 0 Å². The normalized spacial score (nSPS) is 10.9. The monoisotopic (exact) mass is 267 g/mol. The molecule has 0 spiro atoms. The summed E-state index contributed by atoms with van der Waals surface area (Å²) in [5.41, 5.74) is 0.505. The molecule has 0 N–H and O–H groups in total. The van der Waals surface area contributed by atoms with Gasteiger partial charge >= 0.3 is 0 Å². The molecule has 0 unspecified atom stereocenters. The van der Waals surface area contributed by atoms with E-state index in [0.29, 0.717) is 20.7 Å². The third kappa shape index (κ3) is 1.81. The third-order valence-corrected chi connectivity index (χ3v) is 3.95. The van der Waals surface area contributed by atoms with Crippen molar-refractivity contribution in [1.82, 2.24) is 14.6 Å². The van der Waals surface area contributed by atoms with Crippen LogP contribution >= 0.6 is 11.3 Å². The van der Waals surface area contributed by atoms with Crippen molar-refractivity contribution in [1.29, 1.82) is 0 Å². The highest BCUT2D eigenvalue weighted by molar-refractivity contribution is 7.20. The van der Waals surface area contributed by atoms with Crippen LogP contribution in [0.25, 0.3) is 10.2 Å². The Hall–Kier alpha value is -1.73. The number of rotatable bonds is 2. The molecule has 0 aliphatic rings. The molecule has 6 nitrogen and oxygen atoms in total. The zero-order valence-corrected chi connectivity index (χ0v) is 11.4. The number of carbonyl (C=O) groups excluding carboxylic acids is 1.